The van der Waals surface area contributed by atoms with Crippen LogP contribution in [0.1, 0.15) is 26.4 Å². The van der Waals surface area contributed by atoms with Crippen LogP contribution in [0.5, 0.6) is 0 Å². The smallest absolute Gasteiger partial charge is 0.194 e. The van der Waals surface area contributed by atoms with Crippen LogP contribution in [0.25, 0.3) is 0 Å². The van der Waals surface area contributed by atoms with Gasteiger partial charge in [0.2, 0.25) is 0 Å². The van der Waals surface area contributed by atoms with Gasteiger partial charge in [-0.1, -0.05) is 15.9 Å². The van der Waals surface area contributed by atoms with Crippen molar-refractivity contribution >= 4 is 33.0 Å². The van der Waals surface area contributed by atoms with Crippen LogP contribution in [-0.2, 0) is 0 Å². The first-order chi connectivity index (χ1) is 7.58. The number of carbonyl (C=O) groups excluding carboxylic acids is 1. The van der Waals surface area contributed by atoms with Crippen molar-refractivity contribution < 1.29 is 4.79 Å². The lowest BCUT2D eigenvalue weighted by atomic mass is 10.0. The van der Waals surface area contributed by atoms with E-state index in [1.165, 1.54) is 0 Å². The number of ketones is 1. The largest absolute Gasteiger partial charge is 0.289 e. The number of hydrogen-bond acceptors (Lipinski definition) is 2. The maximum Gasteiger partial charge on any atom is 0.194 e. The molecule has 0 radical (unpaired) electrons. The van der Waals surface area contributed by atoms with Crippen molar-refractivity contribution in [3.63, 3.8) is 0 Å². The summed E-state index contributed by atoms with van der Waals surface area (Å²) in [4.78, 5) is 13.3. The number of hydrogen-bond donors (Lipinski definition) is 0. The second-order valence-corrected chi connectivity index (χ2v) is 5.77. The van der Waals surface area contributed by atoms with Crippen LogP contribution in [0.2, 0.25) is 0 Å². The molecule has 1 aromatic heterocycles. The predicted molar refractivity (Wildman–Crippen MR) is 71.4 cm³/mol. The van der Waals surface area contributed by atoms with E-state index in [1.807, 2.05) is 43.5 Å². The Hall–Kier alpha value is -0.930. The standard InChI is InChI=1S/C13H11BrOS/c1-8-5-11(14)3-4-12(8)13(15)10-6-9(2)16-7-10/h3-7H,1-2H3. The summed E-state index contributed by atoms with van der Waals surface area (Å²) >= 11 is 5.00. The molecule has 3 heteroatoms. The van der Waals surface area contributed by atoms with Gasteiger partial charge in [-0.25, -0.2) is 0 Å². The van der Waals surface area contributed by atoms with Gasteiger partial charge in [0.1, 0.15) is 0 Å². The quantitative estimate of drug-likeness (QED) is 0.752. The Balaban J connectivity index is 2.41. The fourth-order valence-corrected chi connectivity index (χ4v) is 2.76. The Morgan fingerprint density at radius 3 is 2.56 bits per heavy atom. The van der Waals surface area contributed by atoms with Gasteiger partial charge < -0.3 is 0 Å². The lowest BCUT2D eigenvalue weighted by molar-refractivity contribution is 0.103. The molecule has 0 aliphatic rings. The molecule has 0 saturated heterocycles. The van der Waals surface area contributed by atoms with E-state index in [2.05, 4.69) is 15.9 Å². The fourth-order valence-electron chi connectivity index (χ4n) is 1.60. The Morgan fingerprint density at radius 2 is 2.00 bits per heavy atom. The Bertz CT molecular complexity index is 543. The molecule has 82 valence electrons. The van der Waals surface area contributed by atoms with E-state index in [0.717, 1.165) is 26.0 Å². The van der Waals surface area contributed by atoms with Crippen LogP contribution < -0.4 is 0 Å². The molecule has 1 aromatic carbocycles. The summed E-state index contributed by atoms with van der Waals surface area (Å²) in [5, 5.41) is 1.92. The SMILES string of the molecule is Cc1cc(C(=O)c2ccc(Br)cc2C)cs1. The van der Waals surface area contributed by atoms with Gasteiger partial charge in [-0.05, 0) is 43.7 Å². The third kappa shape index (κ3) is 2.25. The van der Waals surface area contributed by atoms with Crippen molar-refractivity contribution in [1.82, 2.24) is 0 Å². The zero-order chi connectivity index (χ0) is 11.7. The highest BCUT2D eigenvalue weighted by atomic mass is 79.9. The minimum Gasteiger partial charge on any atom is -0.289 e. The molecular formula is C13H11BrOS. The number of benzene rings is 1. The van der Waals surface area contributed by atoms with Crippen LogP contribution in [0.4, 0.5) is 0 Å². The molecule has 2 aromatic rings. The fraction of sp³-hybridized carbons (Fsp3) is 0.154. The van der Waals surface area contributed by atoms with Gasteiger partial charge in [-0.2, -0.15) is 0 Å². The monoisotopic (exact) mass is 294 g/mol. The second kappa shape index (κ2) is 4.52. The molecule has 0 spiro atoms. The van der Waals surface area contributed by atoms with E-state index >= 15 is 0 Å². The van der Waals surface area contributed by atoms with Crippen molar-refractivity contribution in [3.8, 4) is 0 Å². The first-order valence-electron chi connectivity index (χ1n) is 4.94. The molecule has 0 amide bonds. The van der Waals surface area contributed by atoms with E-state index in [9.17, 15) is 4.79 Å². The second-order valence-electron chi connectivity index (χ2n) is 3.73. The van der Waals surface area contributed by atoms with E-state index in [-0.39, 0.29) is 5.78 Å². The van der Waals surface area contributed by atoms with E-state index in [0.29, 0.717) is 0 Å². The first kappa shape index (κ1) is 11.6. The molecule has 0 aliphatic heterocycles. The highest BCUT2D eigenvalue weighted by Crippen LogP contribution is 2.21. The lowest BCUT2D eigenvalue weighted by Gasteiger charge is -2.03. The molecule has 0 bridgehead atoms. The third-order valence-corrected chi connectivity index (χ3v) is 3.78. The molecular weight excluding hydrogens is 284 g/mol. The maximum atomic E-state index is 12.2. The molecule has 0 saturated carbocycles. The Morgan fingerprint density at radius 1 is 1.25 bits per heavy atom. The van der Waals surface area contributed by atoms with Crippen molar-refractivity contribution in [3.05, 3.63) is 55.7 Å². The van der Waals surface area contributed by atoms with Gasteiger partial charge >= 0.3 is 0 Å². The normalized spacial score (nSPS) is 10.4. The van der Waals surface area contributed by atoms with Crippen LogP contribution in [-0.4, -0.2) is 5.78 Å². The average molecular weight is 295 g/mol. The average Bonchev–Trinajstić information content (AvgIpc) is 2.64. The molecule has 2 rings (SSSR count). The van der Waals surface area contributed by atoms with Crippen LogP contribution in [0.3, 0.4) is 0 Å². The van der Waals surface area contributed by atoms with E-state index < -0.39 is 0 Å². The zero-order valence-electron chi connectivity index (χ0n) is 9.08. The van der Waals surface area contributed by atoms with Crippen molar-refractivity contribution in [2.75, 3.05) is 0 Å². The topological polar surface area (TPSA) is 17.1 Å². The highest BCUT2D eigenvalue weighted by molar-refractivity contribution is 9.10. The minimum absolute atomic E-state index is 0.106. The summed E-state index contributed by atoms with van der Waals surface area (Å²) in [5.74, 6) is 0.106. The molecule has 0 atom stereocenters. The number of halogens is 1. The lowest BCUT2D eigenvalue weighted by Crippen LogP contribution is -2.02. The van der Waals surface area contributed by atoms with E-state index in [4.69, 9.17) is 0 Å². The number of carbonyl (C=O) groups is 1. The van der Waals surface area contributed by atoms with Crippen molar-refractivity contribution in [1.29, 1.82) is 0 Å². The van der Waals surface area contributed by atoms with Gasteiger partial charge in [0.15, 0.2) is 5.78 Å². The minimum atomic E-state index is 0.106. The van der Waals surface area contributed by atoms with Gasteiger partial charge in [-0.3, -0.25) is 4.79 Å². The molecule has 1 heterocycles. The number of aryl methyl sites for hydroxylation is 2. The molecule has 16 heavy (non-hydrogen) atoms. The molecule has 0 fully saturated rings. The Labute approximate surface area is 107 Å². The summed E-state index contributed by atoms with van der Waals surface area (Å²) < 4.78 is 1.00. The van der Waals surface area contributed by atoms with Gasteiger partial charge in [0.05, 0.1) is 0 Å². The number of rotatable bonds is 2. The third-order valence-electron chi connectivity index (χ3n) is 2.43. The summed E-state index contributed by atoms with van der Waals surface area (Å²) in [6.45, 7) is 3.97. The van der Waals surface area contributed by atoms with Gasteiger partial charge in [-0.15, -0.1) is 11.3 Å². The Kier molecular flexibility index (Phi) is 3.26. The predicted octanol–water partition coefficient (Wildman–Crippen LogP) is 4.36. The van der Waals surface area contributed by atoms with Crippen LogP contribution >= 0.6 is 27.3 Å². The van der Waals surface area contributed by atoms with Gasteiger partial charge in [0, 0.05) is 25.9 Å². The number of thiophene rings is 1. The zero-order valence-corrected chi connectivity index (χ0v) is 11.5. The maximum absolute atomic E-state index is 12.2. The molecule has 1 nitrogen and oxygen atoms in total. The highest BCUT2D eigenvalue weighted by Gasteiger charge is 2.12. The van der Waals surface area contributed by atoms with Crippen molar-refractivity contribution in [2.24, 2.45) is 0 Å². The summed E-state index contributed by atoms with van der Waals surface area (Å²) in [5.41, 5.74) is 2.57. The van der Waals surface area contributed by atoms with E-state index in [1.54, 1.807) is 11.3 Å². The molecule has 0 N–H and O–H groups in total. The van der Waals surface area contributed by atoms with Crippen molar-refractivity contribution in [2.45, 2.75) is 13.8 Å². The van der Waals surface area contributed by atoms with Crippen LogP contribution in [0, 0.1) is 13.8 Å². The molecule has 0 aliphatic carbocycles. The van der Waals surface area contributed by atoms with Crippen LogP contribution in [0.15, 0.2) is 34.1 Å². The summed E-state index contributed by atoms with van der Waals surface area (Å²) in [6.07, 6.45) is 0. The molecule has 0 unspecified atom stereocenters. The first-order valence-corrected chi connectivity index (χ1v) is 6.61. The van der Waals surface area contributed by atoms with Gasteiger partial charge in [0.25, 0.3) is 0 Å². The summed E-state index contributed by atoms with van der Waals surface area (Å²) in [7, 11) is 0. The summed E-state index contributed by atoms with van der Waals surface area (Å²) in [6, 6.07) is 7.68.